The number of nitrogen functional groups attached to an aromatic ring is 2. The number of rotatable bonds is 8. The molecule has 1 aromatic heterocycles. The van der Waals surface area contributed by atoms with Gasteiger partial charge in [-0.2, -0.15) is 18.2 Å². The van der Waals surface area contributed by atoms with Gasteiger partial charge in [0.2, 0.25) is 0 Å². The van der Waals surface area contributed by atoms with Crippen molar-refractivity contribution in [2.45, 2.75) is 25.7 Å². The number of halogens is 3. The Morgan fingerprint density at radius 3 is 2.10 bits per heavy atom. The molecule has 12 heteroatoms. The number of hydrogen-bond donors (Lipinski definition) is 4. The summed E-state index contributed by atoms with van der Waals surface area (Å²) in [6, 6.07) is 20.3. The lowest BCUT2D eigenvalue weighted by Crippen LogP contribution is -2.39. The fourth-order valence-corrected chi connectivity index (χ4v) is 4.21. The molecule has 206 valence electrons. The van der Waals surface area contributed by atoms with Gasteiger partial charge >= 0.3 is 12.1 Å². The molecule has 0 bridgehead atoms. The SMILES string of the molecule is N=C(N)c1cccc(CN(OC(=O)C(F)(F)F)C(=O)Cc2cn(Cc3cccc(C(=N)N)c3)c3ccccc23)c1. The predicted molar refractivity (Wildman–Crippen MR) is 142 cm³/mol. The smallest absolute Gasteiger partial charge is 0.384 e. The van der Waals surface area contributed by atoms with Crippen LogP contribution in [0.3, 0.4) is 0 Å². The number of alkyl halides is 3. The van der Waals surface area contributed by atoms with Gasteiger partial charge < -0.3 is 20.9 Å². The second kappa shape index (κ2) is 11.3. The number of amides is 1. The third-order valence-electron chi connectivity index (χ3n) is 6.07. The van der Waals surface area contributed by atoms with Crippen LogP contribution in [0.4, 0.5) is 13.2 Å². The first kappa shape index (κ1) is 27.9. The van der Waals surface area contributed by atoms with E-state index in [1.165, 1.54) is 24.3 Å². The van der Waals surface area contributed by atoms with Crippen molar-refractivity contribution < 1.29 is 27.6 Å². The lowest BCUT2D eigenvalue weighted by molar-refractivity contribution is -0.238. The highest BCUT2D eigenvalue weighted by Gasteiger charge is 2.43. The van der Waals surface area contributed by atoms with Crippen LogP contribution in [-0.4, -0.2) is 39.4 Å². The van der Waals surface area contributed by atoms with Crippen LogP contribution in [0.2, 0.25) is 0 Å². The van der Waals surface area contributed by atoms with Gasteiger partial charge in [-0.1, -0.05) is 54.6 Å². The van der Waals surface area contributed by atoms with Crippen molar-refractivity contribution in [1.82, 2.24) is 9.63 Å². The van der Waals surface area contributed by atoms with E-state index in [2.05, 4.69) is 4.84 Å². The Bertz CT molecular complexity index is 1610. The van der Waals surface area contributed by atoms with Gasteiger partial charge in [0, 0.05) is 34.8 Å². The number of nitrogens with two attached hydrogens (primary N) is 2. The molecule has 4 aromatic rings. The number of aromatic nitrogens is 1. The molecule has 4 rings (SSSR count). The third kappa shape index (κ3) is 6.46. The number of nitrogens with one attached hydrogen (secondary N) is 2. The van der Waals surface area contributed by atoms with E-state index in [1.807, 2.05) is 22.8 Å². The summed E-state index contributed by atoms with van der Waals surface area (Å²) >= 11 is 0. The highest BCUT2D eigenvalue weighted by Crippen LogP contribution is 2.25. The molecule has 3 aromatic carbocycles. The topological polar surface area (TPSA) is 151 Å². The van der Waals surface area contributed by atoms with E-state index in [0.717, 1.165) is 11.1 Å². The van der Waals surface area contributed by atoms with Crippen LogP contribution in [0, 0.1) is 10.8 Å². The van der Waals surface area contributed by atoms with Crippen molar-refractivity contribution in [1.29, 1.82) is 10.8 Å². The lowest BCUT2D eigenvalue weighted by atomic mass is 10.1. The van der Waals surface area contributed by atoms with Gasteiger partial charge in [0.1, 0.15) is 11.7 Å². The van der Waals surface area contributed by atoms with Crippen molar-refractivity contribution in [2.75, 3.05) is 0 Å². The second-order valence-electron chi connectivity index (χ2n) is 9.01. The number of fused-ring (bicyclic) bond motifs is 1. The monoisotopic (exact) mass is 550 g/mol. The highest BCUT2D eigenvalue weighted by atomic mass is 19.4. The molecule has 0 saturated carbocycles. The van der Waals surface area contributed by atoms with Crippen molar-refractivity contribution in [3.8, 4) is 0 Å². The van der Waals surface area contributed by atoms with Crippen LogP contribution in [0.15, 0.2) is 79.0 Å². The molecule has 0 fully saturated rings. The van der Waals surface area contributed by atoms with Gasteiger partial charge in [-0.25, -0.2) is 4.79 Å². The molecular weight excluding hydrogens is 525 g/mol. The maximum absolute atomic E-state index is 13.3. The molecule has 0 aliphatic rings. The Kier molecular flexibility index (Phi) is 7.89. The van der Waals surface area contributed by atoms with Crippen LogP contribution >= 0.6 is 0 Å². The molecule has 1 heterocycles. The summed E-state index contributed by atoms with van der Waals surface area (Å²) in [5.41, 5.74) is 14.4. The van der Waals surface area contributed by atoms with E-state index < -0.39 is 24.6 Å². The van der Waals surface area contributed by atoms with E-state index in [1.54, 1.807) is 36.5 Å². The average molecular weight is 551 g/mol. The molecule has 9 nitrogen and oxygen atoms in total. The van der Waals surface area contributed by atoms with E-state index in [0.29, 0.717) is 39.2 Å². The van der Waals surface area contributed by atoms with Gasteiger partial charge in [0.05, 0.1) is 13.0 Å². The minimum atomic E-state index is -5.32. The summed E-state index contributed by atoms with van der Waals surface area (Å²) in [5, 5.41) is 16.3. The number of amidine groups is 2. The molecule has 0 aliphatic heterocycles. The first-order chi connectivity index (χ1) is 18.9. The quantitative estimate of drug-likeness (QED) is 0.149. The molecule has 40 heavy (non-hydrogen) atoms. The number of hydroxylamine groups is 2. The Balaban J connectivity index is 1.64. The minimum absolute atomic E-state index is 0.0761. The molecule has 1 amide bonds. The zero-order valence-corrected chi connectivity index (χ0v) is 21.0. The standard InChI is InChI=1S/C28H25F3N6O3/c29-28(30,31)27(39)40-37(15-18-6-4-8-20(12-18)26(34)35)24(38)13-21-16-36(23-10-2-1-9-22(21)23)14-17-5-3-7-19(11-17)25(32)33/h1-12,16H,13-15H2,(H3,32,33)(H3,34,35). The summed E-state index contributed by atoms with van der Waals surface area (Å²) in [7, 11) is 0. The van der Waals surface area contributed by atoms with E-state index in [-0.39, 0.29) is 18.1 Å². The maximum Gasteiger partial charge on any atom is 0.493 e. The zero-order chi connectivity index (χ0) is 29.0. The van der Waals surface area contributed by atoms with Crippen molar-refractivity contribution in [3.05, 3.63) is 107 Å². The first-order valence-corrected chi connectivity index (χ1v) is 12.0. The Labute approximate surface area is 226 Å². The van der Waals surface area contributed by atoms with Crippen LogP contribution in [0.25, 0.3) is 10.9 Å². The molecule has 0 unspecified atom stereocenters. The fourth-order valence-electron chi connectivity index (χ4n) is 4.21. The molecule has 0 saturated heterocycles. The molecule has 6 N–H and O–H groups in total. The largest absolute Gasteiger partial charge is 0.493 e. The maximum atomic E-state index is 13.3. The third-order valence-corrected chi connectivity index (χ3v) is 6.07. The van der Waals surface area contributed by atoms with Crippen molar-refractivity contribution in [2.24, 2.45) is 11.5 Å². The second-order valence-corrected chi connectivity index (χ2v) is 9.01. The summed E-state index contributed by atoms with van der Waals surface area (Å²) in [4.78, 5) is 29.5. The van der Waals surface area contributed by atoms with Gasteiger partial charge in [0.15, 0.2) is 0 Å². The fraction of sp³-hybridized carbons (Fsp3) is 0.143. The number of benzene rings is 3. The van der Waals surface area contributed by atoms with E-state index >= 15 is 0 Å². The summed E-state index contributed by atoms with van der Waals surface area (Å²) in [5.74, 6) is -3.76. The van der Waals surface area contributed by atoms with Crippen molar-refractivity contribution in [3.63, 3.8) is 0 Å². The van der Waals surface area contributed by atoms with Gasteiger partial charge in [-0.15, -0.1) is 0 Å². The number of carbonyl (C=O) groups excluding carboxylic acids is 2. The number of carbonyl (C=O) groups is 2. The molecule has 0 atom stereocenters. The van der Waals surface area contributed by atoms with Gasteiger partial charge in [-0.05, 0) is 34.9 Å². The normalized spacial score (nSPS) is 11.3. The predicted octanol–water partition coefficient (Wildman–Crippen LogP) is 3.85. The summed E-state index contributed by atoms with van der Waals surface area (Å²) in [6.45, 7) is -0.112. The molecule has 0 radical (unpaired) electrons. The number of nitrogens with zero attached hydrogens (tertiary/aromatic N) is 2. The first-order valence-electron chi connectivity index (χ1n) is 12.0. The van der Waals surface area contributed by atoms with E-state index in [4.69, 9.17) is 22.3 Å². The van der Waals surface area contributed by atoms with Crippen LogP contribution in [0.5, 0.6) is 0 Å². The number of para-hydroxylation sites is 1. The van der Waals surface area contributed by atoms with Crippen LogP contribution in [-0.2, 0) is 33.9 Å². The minimum Gasteiger partial charge on any atom is -0.384 e. The van der Waals surface area contributed by atoms with Crippen LogP contribution in [0.1, 0.15) is 27.8 Å². The Hall–Kier alpha value is -5.13. The number of hydrogen-bond acceptors (Lipinski definition) is 5. The Morgan fingerprint density at radius 2 is 1.48 bits per heavy atom. The Morgan fingerprint density at radius 1 is 0.875 bits per heavy atom. The highest BCUT2D eigenvalue weighted by molar-refractivity contribution is 5.95. The van der Waals surface area contributed by atoms with Gasteiger partial charge in [-0.3, -0.25) is 15.6 Å². The molecule has 0 aliphatic carbocycles. The summed E-state index contributed by atoms with van der Waals surface area (Å²) in [6.07, 6.45) is -3.97. The van der Waals surface area contributed by atoms with Crippen LogP contribution < -0.4 is 11.5 Å². The average Bonchev–Trinajstić information content (AvgIpc) is 3.24. The lowest BCUT2D eigenvalue weighted by Gasteiger charge is -2.22. The molecular formula is C28H25F3N6O3. The zero-order valence-electron chi connectivity index (χ0n) is 21.0. The molecule has 0 spiro atoms. The van der Waals surface area contributed by atoms with E-state index in [9.17, 15) is 22.8 Å². The summed E-state index contributed by atoms with van der Waals surface area (Å²) < 4.78 is 40.9. The van der Waals surface area contributed by atoms with Gasteiger partial charge in [0.25, 0.3) is 5.91 Å². The van der Waals surface area contributed by atoms with Crippen molar-refractivity contribution >= 4 is 34.5 Å².